The number of ether oxygens (including phenoxy) is 3. The van der Waals surface area contributed by atoms with Gasteiger partial charge in [-0.2, -0.15) is 10.2 Å². The molecule has 7 rings (SSSR count). The maximum absolute atomic E-state index is 15.0. The van der Waals surface area contributed by atoms with E-state index in [1.165, 1.54) is 34.0 Å². The summed E-state index contributed by atoms with van der Waals surface area (Å²) in [5, 5.41) is 8.51. The third-order valence-electron chi connectivity index (χ3n) is 10.4. The van der Waals surface area contributed by atoms with Crippen molar-refractivity contribution in [2.45, 2.75) is 51.0 Å². The number of aromatic nitrogens is 6. The second kappa shape index (κ2) is 16.4. The molecule has 0 amide bonds. The smallest absolute Gasteiger partial charge is 0.350 e. The van der Waals surface area contributed by atoms with Crippen LogP contribution < -0.4 is 26.0 Å². The van der Waals surface area contributed by atoms with E-state index >= 15 is 0 Å². The molecule has 4 heterocycles. The van der Waals surface area contributed by atoms with Gasteiger partial charge in [0.05, 0.1) is 38.0 Å². The Balaban J connectivity index is 0.915. The maximum Gasteiger partial charge on any atom is 0.350 e. The molecule has 290 valence electrons. The summed E-state index contributed by atoms with van der Waals surface area (Å²) in [6.07, 6.45) is 4.91. The standard InChI is InChI=1S/C39H45F2N9O5/c1-3-36(27(2)55-37(51)20-42)50-38(52)49(26-45-50)32-7-5-30(6-8-32)46-14-16-47(17-15-46)31-9-11-33(12-10-31)53-21-28-19-39(54-22-28,23-48-25-43-24-44-48)34-13-4-29(40)18-35(34)41/h4-13,18,24-28,36H,3,14-17,19-23,42H2,1-2H3/t27-,28+,36-,39-/m0/s1. The first-order valence-electron chi connectivity index (χ1n) is 18.5. The number of halogens is 2. The van der Waals surface area contributed by atoms with E-state index in [2.05, 4.69) is 37.1 Å². The SMILES string of the molecule is CC[C@@H]([C@H](C)OC(=O)CN)n1ncn(-c2ccc(N3CCN(c4ccc(OC[C@@H]5CO[C@@](Cn6cncn6)(c6ccc(F)cc6F)C5)cc4)CC3)cc2)c1=O. The highest BCUT2D eigenvalue weighted by Gasteiger charge is 2.44. The first-order chi connectivity index (χ1) is 26.7. The molecule has 2 saturated heterocycles. The molecule has 16 heteroatoms. The van der Waals surface area contributed by atoms with Gasteiger partial charge in [-0.05, 0) is 74.4 Å². The molecular weight excluding hydrogens is 712 g/mol. The first kappa shape index (κ1) is 37.7. The van der Waals surface area contributed by atoms with Gasteiger partial charge in [0.2, 0.25) is 0 Å². The Kier molecular flexibility index (Phi) is 11.2. The van der Waals surface area contributed by atoms with Gasteiger partial charge >= 0.3 is 11.7 Å². The molecule has 0 radical (unpaired) electrons. The van der Waals surface area contributed by atoms with E-state index in [1.807, 2.05) is 43.3 Å². The molecule has 5 aromatic rings. The highest BCUT2D eigenvalue weighted by Crippen LogP contribution is 2.42. The molecule has 0 aliphatic carbocycles. The van der Waals surface area contributed by atoms with Crippen LogP contribution in [0.2, 0.25) is 0 Å². The summed E-state index contributed by atoms with van der Waals surface area (Å²) in [5.41, 5.74) is 7.18. The molecule has 3 aromatic carbocycles. The fraction of sp³-hybridized carbons (Fsp3) is 0.410. The Hall–Kier alpha value is -5.61. The van der Waals surface area contributed by atoms with Crippen LogP contribution >= 0.6 is 0 Å². The molecule has 55 heavy (non-hydrogen) atoms. The summed E-state index contributed by atoms with van der Waals surface area (Å²) < 4.78 is 51.0. The van der Waals surface area contributed by atoms with E-state index in [4.69, 9.17) is 19.9 Å². The van der Waals surface area contributed by atoms with E-state index in [1.54, 1.807) is 17.9 Å². The van der Waals surface area contributed by atoms with Crippen molar-refractivity contribution in [2.75, 3.05) is 55.7 Å². The molecule has 2 aliphatic heterocycles. The zero-order valence-electron chi connectivity index (χ0n) is 30.8. The Morgan fingerprint density at radius 1 is 0.964 bits per heavy atom. The summed E-state index contributed by atoms with van der Waals surface area (Å²) >= 11 is 0. The predicted octanol–water partition coefficient (Wildman–Crippen LogP) is 4.08. The lowest BCUT2D eigenvalue weighted by Crippen LogP contribution is -2.46. The summed E-state index contributed by atoms with van der Waals surface area (Å²) in [6, 6.07) is 19.0. The summed E-state index contributed by atoms with van der Waals surface area (Å²) in [7, 11) is 0. The molecule has 2 fully saturated rings. The third-order valence-corrected chi connectivity index (χ3v) is 10.4. The van der Waals surface area contributed by atoms with E-state index in [-0.39, 0.29) is 30.3 Å². The second-order valence-electron chi connectivity index (χ2n) is 14.0. The van der Waals surface area contributed by atoms with Crippen molar-refractivity contribution in [3.63, 3.8) is 0 Å². The molecule has 0 bridgehead atoms. The van der Waals surface area contributed by atoms with Crippen molar-refractivity contribution in [3.8, 4) is 11.4 Å². The second-order valence-corrected chi connectivity index (χ2v) is 14.0. The summed E-state index contributed by atoms with van der Waals surface area (Å²) in [6.45, 7) is 7.68. The van der Waals surface area contributed by atoms with Crippen LogP contribution in [0.25, 0.3) is 5.69 Å². The Morgan fingerprint density at radius 3 is 2.25 bits per heavy atom. The highest BCUT2D eigenvalue weighted by molar-refractivity contribution is 5.71. The van der Waals surface area contributed by atoms with Crippen molar-refractivity contribution >= 4 is 17.3 Å². The monoisotopic (exact) mass is 757 g/mol. The van der Waals surface area contributed by atoms with Crippen LogP contribution in [0.3, 0.4) is 0 Å². The average Bonchev–Trinajstić information content (AvgIpc) is 3.96. The van der Waals surface area contributed by atoms with Crippen molar-refractivity contribution in [1.29, 1.82) is 0 Å². The Labute approximate surface area is 317 Å². The van der Waals surface area contributed by atoms with Gasteiger partial charge in [-0.15, -0.1) is 0 Å². The van der Waals surface area contributed by atoms with Crippen LogP contribution in [0, 0.1) is 17.6 Å². The Bertz CT molecular complexity index is 2100. The van der Waals surface area contributed by atoms with Crippen LogP contribution in [-0.4, -0.2) is 87.1 Å². The topological polar surface area (TPSA) is 148 Å². The fourth-order valence-corrected chi connectivity index (χ4v) is 7.56. The fourth-order valence-electron chi connectivity index (χ4n) is 7.56. The molecule has 0 saturated carbocycles. The van der Waals surface area contributed by atoms with Crippen molar-refractivity contribution in [2.24, 2.45) is 11.7 Å². The van der Waals surface area contributed by atoms with Gasteiger partial charge < -0.3 is 29.7 Å². The maximum atomic E-state index is 15.0. The van der Waals surface area contributed by atoms with Gasteiger partial charge in [-0.1, -0.05) is 13.0 Å². The molecule has 0 spiro atoms. The number of benzene rings is 3. The molecular formula is C39H45F2N9O5. The number of piperazine rings is 1. The van der Waals surface area contributed by atoms with Crippen LogP contribution in [0.4, 0.5) is 20.2 Å². The number of rotatable bonds is 14. The lowest BCUT2D eigenvalue weighted by molar-refractivity contribution is -0.148. The lowest BCUT2D eigenvalue weighted by atomic mass is 9.87. The Morgan fingerprint density at radius 2 is 1.64 bits per heavy atom. The number of hydrogen-bond acceptors (Lipinski definition) is 11. The van der Waals surface area contributed by atoms with Gasteiger partial charge in [-0.3, -0.25) is 4.79 Å². The van der Waals surface area contributed by atoms with E-state index in [0.717, 1.165) is 49.4 Å². The van der Waals surface area contributed by atoms with Gasteiger partial charge in [0.1, 0.15) is 48.1 Å². The summed E-state index contributed by atoms with van der Waals surface area (Å²) in [5.74, 6) is -1.12. The third kappa shape index (κ3) is 8.24. The highest BCUT2D eigenvalue weighted by atomic mass is 19.1. The zero-order valence-corrected chi connectivity index (χ0v) is 30.8. The number of nitrogens with zero attached hydrogens (tertiary/aromatic N) is 8. The predicted molar refractivity (Wildman–Crippen MR) is 200 cm³/mol. The number of anilines is 2. The minimum Gasteiger partial charge on any atom is -0.493 e. The lowest BCUT2D eigenvalue weighted by Gasteiger charge is -2.37. The zero-order chi connectivity index (χ0) is 38.5. The molecule has 14 nitrogen and oxygen atoms in total. The first-order valence-corrected chi connectivity index (χ1v) is 18.5. The van der Waals surface area contributed by atoms with Crippen LogP contribution in [0.15, 0.2) is 90.5 Å². The van der Waals surface area contributed by atoms with Gasteiger partial charge in [0.25, 0.3) is 0 Å². The van der Waals surface area contributed by atoms with Gasteiger partial charge in [-0.25, -0.2) is 32.5 Å². The quantitative estimate of drug-likeness (QED) is 0.164. The minimum atomic E-state index is -1.03. The normalized spacial score (nSPS) is 19.7. The molecule has 4 atom stereocenters. The number of hydrogen-bond donors (Lipinski definition) is 1. The van der Waals surface area contributed by atoms with Crippen molar-refractivity contribution < 1.29 is 27.8 Å². The van der Waals surface area contributed by atoms with E-state index in [0.29, 0.717) is 31.7 Å². The number of nitrogens with two attached hydrogens (primary N) is 1. The van der Waals surface area contributed by atoms with Gasteiger partial charge in [0, 0.05) is 55.1 Å². The van der Waals surface area contributed by atoms with Crippen LogP contribution in [0.5, 0.6) is 5.75 Å². The van der Waals surface area contributed by atoms with E-state index < -0.39 is 35.4 Å². The summed E-state index contributed by atoms with van der Waals surface area (Å²) in [4.78, 5) is 33.6. The molecule has 2 N–H and O–H groups in total. The number of esters is 1. The van der Waals surface area contributed by atoms with Crippen molar-refractivity contribution in [3.05, 3.63) is 113 Å². The molecule has 0 unspecified atom stereocenters. The van der Waals surface area contributed by atoms with Gasteiger partial charge in [0.15, 0.2) is 0 Å². The number of carbonyl (C=O) groups excluding carboxylic acids is 1. The van der Waals surface area contributed by atoms with E-state index in [9.17, 15) is 18.4 Å². The molecule has 2 aliphatic rings. The average molecular weight is 758 g/mol. The van der Waals surface area contributed by atoms with Crippen molar-refractivity contribution in [1.82, 2.24) is 29.1 Å². The largest absolute Gasteiger partial charge is 0.493 e. The molecule has 2 aromatic heterocycles. The number of carbonyl (C=O) groups is 1. The van der Waals surface area contributed by atoms with Crippen LogP contribution in [-0.2, 0) is 26.4 Å². The minimum absolute atomic E-state index is 0.0228. The van der Waals surface area contributed by atoms with Crippen LogP contribution in [0.1, 0.15) is 38.3 Å².